The van der Waals surface area contributed by atoms with Crippen molar-refractivity contribution in [3.63, 3.8) is 0 Å². The van der Waals surface area contributed by atoms with E-state index in [9.17, 15) is 0 Å². The summed E-state index contributed by atoms with van der Waals surface area (Å²) in [6.07, 6.45) is 0. The molecule has 0 fully saturated rings. The maximum Gasteiger partial charge on any atom is 0.120 e. The van der Waals surface area contributed by atoms with E-state index in [1.165, 1.54) is 0 Å². The van der Waals surface area contributed by atoms with Gasteiger partial charge in [-0.3, -0.25) is 0 Å². The van der Waals surface area contributed by atoms with Crippen molar-refractivity contribution in [2.24, 2.45) is 0 Å². The number of hydrogen-bond donors (Lipinski definition) is 1. The molecule has 1 unspecified atom stereocenters. The van der Waals surface area contributed by atoms with E-state index < -0.39 is 0 Å². The lowest BCUT2D eigenvalue weighted by Gasteiger charge is -2.21. The lowest BCUT2D eigenvalue weighted by atomic mass is 9.98. The first-order valence-corrected chi connectivity index (χ1v) is 8.58. The minimum Gasteiger partial charge on any atom is -0.494 e. The molecule has 2 rings (SSSR count). The van der Waals surface area contributed by atoms with Gasteiger partial charge >= 0.3 is 0 Å². The van der Waals surface area contributed by atoms with E-state index in [0.717, 1.165) is 30.8 Å². The van der Waals surface area contributed by atoms with Crippen LogP contribution in [-0.2, 0) is 0 Å². The van der Waals surface area contributed by atoms with Crippen LogP contribution < -0.4 is 10.1 Å². The average molecular weight is 434 g/mol. The van der Waals surface area contributed by atoms with Crippen LogP contribution in [0, 0.1) is 0 Å². The molecule has 0 aliphatic heterocycles. The van der Waals surface area contributed by atoms with Crippen LogP contribution in [0.1, 0.15) is 24.1 Å². The lowest BCUT2D eigenvalue weighted by Crippen LogP contribution is -2.18. The molecule has 0 aliphatic rings. The number of ether oxygens (including phenoxy) is 1. The van der Waals surface area contributed by atoms with Crippen molar-refractivity contribution in [1.29, 1.82) is 0 Å². The fourth-order valence-electron chi connectivity index (χ4n) is 2.22. The Morgan fingerprint density at radius 3 is 2.52 bits per heavy atom. The van der Waals surface area contributed by atoms with Crippen LogP contribution in [0.4, 0.5) is 0 Å². The van der Waals surface area contributed by atoms with Gasteiger partial charge in [-0.05, 0) is 59.2 Å². The van der Waals surface area contributed by atoms with Crippen LogP contribution >= 0.6 is 43.5 Å². The molecule has 5 heteroatoms. The first kappa shape index (κ1) is 16.8. The second kappa shape index (κ2) is 7.63. The largest absolute Gasteiger partial charge is 0.494 e. The standard InChI is InChI=1S/C16H16Br2ClNO/c1-3-21-10-7-8-11(14(18)9-10)16(20-2)12-5-4-6-13(17)15(12)19/h4-9,16,20H,3H2,1-2H3. The summed E-state index contributed by atoms with van der Waals surface area (Å²) in [5.74, 6) is 0.850. The molecule has 0 saturated heterocycles. The van der Waals surface area contributed by atoms with E-state index in [1.54, 1.807) is 0 Å². The number of rotatable bonds is 5. The van der Waals surface area contributed by atoms with Gasteiger partial charge in [0.25, 0.3) is 0 Å². The molecule has 0 saturated carbocycles. The predicted octanol–water partition coefficient (Wildman–Crippen LogP) is 5.57. The highest BCUT2D eigenvalue weighted by atomic mass is 79.9. The van der Waals surface area contributed by atoms with Gasteiger partial charge in [0.2, 0.25) is 0 Å². The first-order chi connectivity index (χ1) is 10.1. The lowest BCUT2D eigenvalue weighted by molar-refractivity contribution is 0.340. The minimum absolute atomic E-state index is 0.0000477. The number of halogens is 3. The van der Waals surface area contributed by atoms with Crippen LogP contribution in [0.5, 0.6) is 5.75 Å². The van der Waals surface area contributed by atoms with Crippen LogP contribution in [-0.4, -0.2) is 13.7 Å². The molecule has 0 radical (unpaired) electrons. The van der Waals surface area contributed by atoms with Crippen molar-refractivity contribution < 1.29 is 4.74 Å². The van der Waals surface area contributed by atoms with Gasteiger partial charge < -0.3 is 10.1 Å². The summed E-state index contributed by atoms with van der Waals surface area (Å²) in [7, 11) is 1.92. The third-order valence-corrected chi connectivity index (χ3v) is 5.17. The van der Waals surface area contributed by atoms with Crippen molar-refractivity contribution in [2.45, 2.75) is 13.0 Å². The molecule has 0 spiro atoms. The molecule has 0 heterocycles. The summed E-state index contributed by atoms with van der Waals surface area (Å²) in [6, 6.07) is 11.9. The van der Waals surface area contributed by atoms with Crippen molar-refractivity contribution >= 4 is 43.5 Å². The minimum atomic E-state index is 0.0000477. The van der Waals surface area contributed by atoms with Gasteiger partial charge in [-0.2, -0.15) is 0 Å². The second-order valence-electron chi connectivity index (χ2n) is 4.48. The molecule has 0 bridgehead atoms. The zero-order chi connectivity index (χ0) is 15.4. The Labute approximate surface area is 147 Å². The van der Waals surface area contributed by atoms with Gasteiger partial charge in [-0.25, -0.2) is 0 Å². The van der Waals surface area contributed by atoms with E-state index in [1.807, 2.05) is 50.4 Å². The third kappa shape index (κ3) is 3.81. The normalized spacial score (nSPS) is 12.2. The Balaban J connectivity index is 2.44. The highest BCUT2D eigenvalue weighted by Crippen LogP contribution is 2.36. The molecule has 0 amide bonds. The SMILES string of the molecule is CCOc1ccc(C(NC)c2cccc(Br)c2Cl)c(Br)c1. The number of nitrogens with one attached hydrogen (secondary N) is 1. The molecule has 2 nitrogen and oxygen atoms in total. The molecule has 1 N–H and O–H groups in total. The fraction of sp³-hybridized carbons (Fsp3) is 0.250. The number of benzene rings is 2. The zero-order valence-corrected chi connectivity index (χ0v) is 15.7. The molecular weight excluding hydrogens is 417 g/mol. The van der Waals surface area contributed by atoms with Crippen molar-refractivity contribution in [3.05, 3.63) is 61.5 Å². The molecule has 0 aliphatic carbocycles. The second-order valence-corrected chi connectivity index (χ2v) is 6.57. The molecule has 21 heavy (non-hydrogen) atoms. The molecule has 112 valence electrons. The summed E-state index contributed by atoms with van der Waals surface area (Å²) >= 11 is 13.5. The Morgan fingerprint density at radius 1 is 1.14 bits per heavy atom. The highest BCUT2D eigenvalue weighted by molar-refractivity contribution is 9.10. The monoisotopic (exact) mass is 431 g/mol. The van der Waals surface area contributed by atoms with Crippen LogP contribution in [0.15, 0.2) is 45.3 Å². The van der Waals surface area contributed by atoms with E-state index in [0.29, 0.717) is 6.61 Å². The van der Waals surface area contributed by atoms with Gasteiger partial charge in [0, 0.05) is 8.95 Å². The smallest absolute Gasteiger partial charge is 0.120 e. The summed E-state index contributed by atoms with van der Waals surface area (Å²) < 4.78 is 7.40. The van der Waals surface area contributed by atoms with Crippen LogP contribution in [0.2, 0.25) is 5.02 Å². The van der Waals surface area contributed by atoms with E-state index in [2.05, 4.69) is 37.2 Å². The van der Waals surface area contributed by atoms with E-state index in [4.69, 9.17) is 16.3 Å². The number of hydrogen-bond acceptors (Lipinski definition) is 2. The maximum absolute atomic E-state index is 6.42. The van der Waals surface area contributed by atoms with E-state index >= 15 is 0 Å². The van der Waals surface area contributed by atoms with E-state index in [-0.39, 0.29) is 6.04 Å². The topological polar surface area (TPSA) is 21.3 Å². The summed E-state index contributed by atoms with van der Waals surface area (Å²) in [5, 5.41) is 4.04. The Kier molecular flexibility index (Phi) is 6.11. The Morgan fingerprint density at radius 2 is 1.90 bits per heavy atom. The third-order valence-electron chi connectivity index (χ3n) is 3.18. The molecule has 2 aromatic carbocycles. The van der Waals surface area contributed by atoms with Gasteiger partial charge in [0.15, 0.2) is 0 Å². The van der Waals surface area contributed by atoms with Crippen molar-refractivity contribution in [1.82, 2.24) is 5.32 Å². The Bertz CT molecular complexity index is 634. The molecule has 2 aromatic rings. The quantitative estimate of drug-likeness (QED) is 0.665. The Hall–Kier alpha value is -0.550. The molecule has 0 aromatic heterocycles. The van der Waals surface area contributed by atoms with Gasteiger partial charge in [0.05, 0.1) is 17.7 Å². The zero-order valence-electron chi connectivity index (χ0n) is 11.8. The summed E-state index contributed by atoms with van der Waals surface area (Å²) in [6.45, 7) is 2.62. The summed E-state index contributed by atoms with van der Waals surface area (Å²) in [4.78, 5) is 0. The van der Waals surface area contributed by atoms with Crippen molar-refractivity contribution in [2.75, 3.05) is 13.7 Å². The molecule has 1 atom stereocenters. The first-order valence-electron chi connectivity index (χ1n) is 6.61. The summed E-state index contributed by atoms with van der Waals surface area (Å²) in [5.41, 5.74) is 2.14. The van der Waals surface area contributed by atoms with Gasteiger partial charge in [-0.15, -0.1) is 0 Å². The van der Waals surface area contributed by atoms with Crippen molar-refractivity contribution in [3.8, 4) is 5.75 Å². The highest BCUT2D eigenvalue weighted by Gasteiger charge is 2.19. The van der Waals surface area contributed by atoms with Crippen LogP contribution in [0.25, 0.3) is 0 Å². The fourth-order valence-corrected chi connectivity index (χ4v) is 3.42. The van der Waals surface area contributed by atoms with Gasteiger partial charge in [-0.1, -0.05) is 45.7 Å². The van der Waals surface area contributed by atoms with Crippen LogP contribution in [0.3, 0.4) is 0 Å². The average Bonchev–Trinajstić information content (AvgIpc) is 2.46. The maximum atomic E-state index is 6.42. The predicted molar refractivity (Wildman–Crippen MR) is 95.4 cm³/mol. The molecular formula is C16H16Br2ClNO. The van der Waals surface area contributed by atoms with Gasteiger partial charge in [0.1, 0.15) is 5.75 Å².